The summed E-state index contributed by atoms with van der Waals surface area (Å²) in [4.78, 5) is 0.891. The van der Waals surface area contributed by atoms with Crippen LogP contribution in [0.5, 0.6) is 0 Å². The maximum atomic E-state index is 4.59. The standard InChI is InChI=1S/C11H17N5S/c1-11(2,3)9-13-14-10-16(9)15-8(17-10)6-12-7-4-5-7/h7,12H,4-6H2,1-3H3. The Morgan fingerprint density at radius 2 is 2.12 bits per heavy atom. The molecule has 1 aliphatic carbocycles. The molecule has 0 unspecified atom stereocenters. The number of hydrogen-bond donors (Lipinski definition) is 1. The van der Waals surface area contributed by atoms with E-state index in [1.54, 1.807) is 11.3 Å². The van der Waals surface area contributed by atoms with Gasteiger partial charge in [-0.25, -0.2) is 0 Å². The minimum atomic E-state index is -0.0192. The van der Waals surface area contributed by atoms with Crippen LogP contribution in [-0.4, -0.2) is 25.9 Å². The molecule has 92 valence electrons. The van der Waals surface area contributed by atoms with Crippen molar-refractivity contribution in [2.45, 2.75) is 51.6 Å². The van der Waals surface area contributed by atoms with Crippen LogP contribution in [0.2, 0.25) is 0 Å². The molecule has 5 nitrogen and oxygen atoms in total. The van der Waals surface area contributed by atoms with Crippen LogP contribution in [0.1, 0.15) is 44.4 Å². The van der Waals surface area contributed by atoms with Crippen LogP contribution < -0.4 is 5.32 Å². The van der Waals surface area contributed by atoms with Crippen molar-refractivity contribution in [2.24, 2.45) is 0 Å². The van der Waals surface area contributed by atoms with Crippen molar-refractivity contribution in [3.63, 3.8) is 0 Å². The Kier molecular flexibility index (Phi) is 2.45. The summed E-state index contributed by atoms with van der Waals surface area (Å²) in [6, 6.07) is 0.714. The van der Waals surface area contributed by atoms with E-state index in [1.165, 1.54) is 12.8 Å². The molecule has 0 amide bonds. The number of aromatic nitrogens is 4. The Balaban J connectivity index is 1.87. The second-order valence-corrected chi connectivity index (χ2v) is 6.66. The van der Waals surface area contributed by atoms with E-state index in [0.29, 0.717) is 6.04 Å². The van der Waals surface area contributed by atoms with Crippen molar-refractivity contribution in [3.8, 4) is 0 Å². The molecule has 2 aromatic heterocycles. The zero-order valence-corrected chi connectivity index (χ0v) is 11.2. The summed E-state index contributed by atoms with van der Waals surface area (Å²) in [7, 11) is 0. The van der Waals surface area contributed by atoms with Gasteiger partial charge in [0.1, 0.15) is 5.01 Å². The van der Waals surface area contributed by atoms with Gasteiger partial charge in [0.15, 0.2) is 5.82 Å². The molecule has 0 saturated heterocycles. The Morgan fingerprint density at radius 3 is 2.76 bits per heavy atom. The van der Waals surface area contributed by atoms with E-state index < -0.39 is 0 Å². The Morgan fingerprint density at radius 1 is 1.35 bits per heavy atom. The van der Waals surface area contributed by atoms with Gasteiger partial charge in [0.2, 0.25) is 4.96 Å². The fourth-order valence-electron chi connectivity index (χ4n) is 1.71. The summed E-state index contributed by atoms with van der Waals surface area (Å²) in [5.41, 5.74) is -0.0192. The molecule has 1 saturated carbocycles. The predicted octanol–water partition coefficient (Wildman–Crippen LogP) is 1.74. The van der Waals surface area contributed by atoms with Crippen LogP contribution in [0.4, 0.5) is 0 Å². The molecule has 0 spiro atoms. The SMILES string of the molecule is CC(C)(C)c1nnc2sc(CNC3CC3)nn12. The van der Waals surface area contributed by atoms with Crippen molar-refractivity contribution in [2.75, 3.05) is 0 Å². The first-order chi connectivity index (χ1) is 8.04. The maximum Gasteiger partial charge on any atom is 0.234 e. The number of nitrogens with zero attached hydrogens (tertiary/aromatic N) is 4. The Hall–Kier alpha value is -1.01. The van der Waals surface area contributed by atoms with Gasteiger partial charge in [-0.15, -0.1) is 10.2 Å². The third kappa shape index (κ3) is 2.19. The minimum Gasteiger partial charge on any atom is -0.308 e. The molecular weight excluding hydrogens is 234 g/mol. The van der Waals surface area contributed by atoms with Gasteiger partial charge in [0, 0.05) is 18.0 Å². The highest BCUT2D eigenvalue weighted by atomic mass is 32.1. The monoisotopic (exact) mass is 251 g/mol. The van der Waals surface area contributed by atoms with Crippen LogP contribution >= 0.6 is 11.3 Å². The highest BCUT2D eigenvalue weighted by Crippen LogP contribution is 2.24. The van der Waals surface area contributed by atoms with Gasteiger partial charge >= 0.3 is 0 Å². The van der Waals surface area contributed by atoms with Gasteiger partial charge in [-0.05, 0) is 12.8 Å². The molecule has 2 heterocycles. The van der Waals surface area contributed by atoms with Gasteiger partial charge in [-0.1, -0.05) is 32.1 Å². The topological polar surface area (TPSA) is 55.1 Å². The first-order valence-electron chi connectivity index (χ1n) is 5.99. The Labute approximate surface area is 104 Å². The van der Waals surface area contributed by atoms with Crippen molar-refractivity contribution < 1.29 is 0 Å². The van der Waals surface area contributed by atoms with Crippen LogP contribution in [0.25, 0.3) is 4.96 Å². The van der Waals surface area contributed by atoms with Crippen molar-refractivity contribution >= 4 is 16.3 Å². The number of fused-ring (bicyclic) bond motifs is 1. The molecule has 1 N–H and O–H groups in total. The third-order valence-electron chi connectivity index (χ3n) is 2.82. The lowest BCUT2D eigenvalue weighted by Crippen LogP contribution is -2.18. The average Bonchev–Trinajstić information content (AvgIpc) is 2.82. The second-order valence-electron chi connectivity index (χ2n) is 5.62. The van der Waals surface area contributed by atoms with Crippen LogP contribution in [0, 0.1) is 0 Å². The highest BCUT2D eigenvalue weighted by molar-refractivity contribution is 7.16. The average molecular weight is 251 g/mol. The lowest BCUT2D eigenvalue weighted by atomic mass is 9.96. The number of hydrogen-bond acceptors (Lipinski definition) is 5. The maximum absolute atomic E-state index is 4.59. The van der Waals surface area contributed by atoms with E-state index in [9.17, 15) is 0 Å². The van der Waals surface area contributed by atoms with E-state index in [-0.39, 0.29) is 5.41 Å². The van der Waals surface area contributed by atoms with E-state index in [4.69, 9.17) is 0 Å². The summed E-state index contributed by atoms with van der Waals surface area (Å²) in [5, 5.41) is 17.6. The van der Waals surface area contributed by atoms with Crippen LogP contribution in [0.3, 0.4) is 0 Å². The zero-order valence-electron chi connectivity index (χ0n) is 10.4. The van der Waals surface area contributed by atoms with Gasteiger partial charge in [0.05, 0.1) is 0 Å². The van der Waals surface area contributed by atoms with E-state index >= 15 is 0 Å². The van der Waals surface area contributed by atoms with Crippen molar-refractivity contribution in [1.82, 2.24) is 25.1 Å². The fourth-order valence-corrected chi connectivity index (χ4v) is 2.50. The summed E-state index contributed by atoms with van der Waals surface area (Å²) in [6.45, 7) is 7.24. The summed E-state index contributed by atoms with van der Waals surface area (Å²) in [6.07, 6.45) is 2.61. The number of nitrogens with one attached hydrogen (secondary N) is 1. The molecule has 0 bridgehead atoms. The van der Waals surface area contributed by atoms with Crippen molar-refractivity contribution in [1.29, 1.82) is 0 Å². The third-order valence-corrected chi connectivity index (χ3v) is 3.72. The summed E-state index contributed by atoms with van der Waals surface area (Å²) >= 11 is 1.62. The van der Waals surface area contributed by atoms with Crippen LogP contribution in [-0.2, 0) is 12.0 Å². The lowest BCUT2D eigenvalue weighted by molar-refractivity contribution is 0.525. The Bertz CT molecular complexity index is 532. The molecule has 0 atom stereocenters. The molecule has 3 rings (SSSR count). The first kappa shape index (κ1) is 11.1. The number of rotatable bonds is 3. The molecule has 17 heavy (non-hydrogen) atoms. The largest absolute Gasteiger partial charge is 0.308 e. The smallest absolute Gasteiger partial charge is 0.234 e. The predicted molar refractivity (Wildman–Crippen MR) is 67.2 cm³/mol. The normalized spacial score (nSPS) is 16.9. The summed E-state index contributed by atoms with van der Waals surface area (Å²) < 4.78 is 1.88. The molecule has 1 aliphatic rings. The lowest BCUT2D eigenvalue weighted by Gasteiger charge is -2.13. The summed E-state index contributed by atoms with van der Waals surface area (Å²) in [5.74, 6) is 0.932. The van der Waals surface area contributed by atoms with Gasteiger partial charge < -0.3 is 5.32 Å². The molecule has 0 aliphatic heterocycles. The second kappa shape index (κ2) is 3.74. The van der Waals surface area contributed by atoms with Crippen LogP contribution in [0.15, 0.2) is 0 Å². The molecule has 2 aromatic rings. The quantitative estimate of drug-likeness (QED) is 0.902. The van der Waals surface area contributed by atoms with E-state index in [0.717, 1.165) is 22.3 Å². The van der Waals surface area contributed by atoms with Crippen molar-refractivity contribution in [3.05, 3.63) is 10.8 Å². The van der Waals surface area contributed by atoms with E-state index in [1.807, 2.05) is 4.52 Å². The minimum absolute atomic E-state index is 0.0192. The van der Waals surface area contributed by atoms with Gasteiger partial charge in [-0.2, -0.15) is 9.61 Å². The molecule has 0 radical (unpaired) electrons. The molecule has 1 fully saturated rings. The fraction of sp³-hybridized carbons (Fsp3) is 0.727. The zero-order chi connectivity index (χ0) is 12.0. The highest BCUT2D eigenvalue weighted by Gasteiger charge is 2.24. The van der Waals surface area contributed by atoms with E-state index in [2.05, 4.69) is 41.4 Å². The van der Waals surface area contributed by atoms with Gasteiger partial charge in [0.25, 0.3) is 0 Å². The first-order valence-corrected chi connectivity index (χ1v) is 6.81. The molecular formula is C11H17N5S. The van der Waals surface area contributed by atoms with Gasteiger partial charge in [-0.3, -0.25) is 0 Å². The molecule has 6 heteroatoms. The molecule has 0 aromatic carbocycles.